The predicted molar refractivity (Wildman–Crippen MR) is 268 cm³/mol. The lowest BCUT2D eigenvalue weighted by atomic mass is 9.88. The van der Waals surface area contributed by atoms with E-state index < -0.39 is 35.4 Å². The number of aliphatic hydroxyl groups is 4. The number of halogens is 5. The number of methoxy groups -OCH3 is 1. The molecule has 0 radical (unpaired) electrons. The monoisotopic (exact) mass is 1110 g/mol. The Morgan fingerprint density at radius 1 is 0.648 bits per heavy atom. The highest BCUT2D eigenvalue weighted by molar-refractivity contribution is 9.10. The Bertz CT molecular complexity index is 2800. The van der Waals surface area contributed by atoms with Crippen LogP contribution in [0.3, 0.4) is 0 Å². The molecule has 2 aliphatic heterocycles. The maximum atomic E-state index is 12.5. The van der Waals surface area contributed by atoms with Crippen molar-refractivity contribution in [2.75, 3.05) is 17.7 Å². The number of Topliss-reactive ketones (excluding diaryl/α,β-unsaturated/α-hetero) is 4. The van der Waals surface area contributed by atoms with Gasteiger partial charge in [-0.3, -0.25) is 43.7 Å². The number of aldehydes is 1. The van der Waals surface area contributed by atoms with E-state index in [0.29, 0.717) is 44.8 Å². The van der Waals surface area contributed by atoms with Gasteiger partial charge in [0.2, 0.25) is 5.88 Å². The lowest BCUT2D eigenvalue weighted by Gasteiger charge is -2.21. The number of hydrogen-bond donors (Lipinski definition) is 6. The van der Waals surface area contributed by atoms with Crippen molar-refractivity contribution in [1.29, 1.82) is 0 Å². The van der Waals surface area contributed by atoms with E-state index in [4.69, 9.17) is 71.3 Å². The second-order valence-corrected chi connectivity index (χ2v) is 16.8. The normalized spacial score (nSPS) is 13.4. The van der Waals surface area contributed by atoms with Gasteiger partial charge in [-0.1, -0.05) is 46.4 Å². The second-order valence-electron chi connectivity index (χ2n) is 14.2. The average Bonchev–Trinajstić information content (AvgIpc) is 3.83. The first-order chi connectivity index (χ1) is 33.7. The number of aromatic nitrogens is 4. The summed E-state index contributed by atoms with van der Waals surface area (Å²) in [6.45, 7) is 4.24. The third-order valence-electron chi connectivity index (χ3n) is 9.33. The number of benzene rings is 2. The van der Waals surface area contributed by atoms with Crippen molar-refractivity contribution in [2.24, 2.45) is 0 Å². The smallest absolute Gasteiger partial charge is 0.296 e. The SMILES string of the molecule is CC(=O)c1ccc(CO)nc1.CC(=O)c1ccc(CO)nc1.CC=O.COc1ccc(C(=O)CC2(O)C(=O)Nc3c(Cl)ccc(Cl)c32)cn1.O=C1Nc2c(Cl)ccc(Cl)c2C1=O.OCc1ccc(Br)cn1. The molecule has 2 amide bonds. The maximum absolute atomic E-state index is 12.5. The molecule has 8 rings (SSSR count). The van der Waals surface area contributed by atoms with Crippen LogP contribution in [0, 0.1) is 0 Å². The number of amides is 2. The first-order valence-corrected chi connectivity index (χ1v) is 22.6. The Morgan fingerprint density at radius 2 is 1.10 bits per heavy atom. The van der Waals surface area contributed by atoms with Crippen molar-refractivity contribution in [1.82, 2.24) is 19.9 Å². The molecule has 0 saturated carbocycles. The predicted octanol–water partition coefficient (Wildman–Crippen LogP) is 8.03. The molecule has 372 valence electrons. The van der Waals surface area contributed by atoms with Gasteiger partial charge >= 0.3 is 0 Å². The van der Waals surface area contributed by atoms with Crippen LogP contribution in [0.4, 0.5) is 11.4 Å². The first-order valence-electron chi connectivity index (χ1n) is 20.3. The third kappa shape index (κ3) is 16.6. The van der Waals surface area contributed by atoms with Crippen molar-refractivity contribution >= 4 is 115 Å². The van der Waals surface area contributed by atoms with Crippen LogP contribution < -0.4 is 15.4 Å². The van der Waals surface area contributed by atoms with Crippen molar-refractivity contribution in [3.05, 3.63) is 167 Å². The number of hydrogen-bond acceptors (Lipinski definition) is 16. The molecule has 2 aromatic carbocycles. The summed E-state index contributed by atoms with van der Waals surface area (Å²) in [6.07, 6.45) is 6.17. The number of rotatable bonds is 9. The summed E-state index contributed by atoms with van der Waals surface area (Å²) in [5, 5.41) is 42.4. The molecule has 6 heterocycles. The van der Waals surface area contributed by atoms with Crippen LogP contribution in [0.5, 0.6) is 5.88 Å². The molecule has 0 spiro atoms. The van der Waals surface area contributed by atoms with E-state index in [1.807, 2.05) is 6.07 Å². The number of ketones is 4. The number of aliphatic hydroxyl groups excluding tert-OH is 3. The maximum Gasteiger partial charge on any atom is 0.296 e. The van der Waals surface area contributed by atoms with E-state index in [1.165, 1.54) is 82.9 Å². The average molecular weight is 1120 g/mol. The van der Waals surface area contributed by atoms with Crippen LogP contribution in [-0.4, -0.2) is 88.7 Å². The summed E-state index contributed by atoms with van der Waals surface area (Å²) in [5.41, 5.74) is 1.95. The zero-order valence-electron chi connectivity index (χ0n) is 37.9. The molecule has 18 nitrogen and oxygen atoms in total. The first kappa shape index (κ1) is 58.9. The summed E-state index contributed by atoms with van der Waals surface area (Å²) in [4.78, 5) is 92.7. The van der Waals surface area contributed by atoms with Gasteiger partial charge in [-0.25, -0.2) is 4.98 Å². The Balaban J connectivity index is 0.000000244. The summed E-state index contributed by atoms with van der Waals surface area (Å²) >= 11 is 26.8. The van der Waals surface area contributed by atoms with Gasteiger partial charge in [-0.05, 0) is 103 Å². The van der Waals surface area contributed by atoms with E-state index in [2.05, 4.69) is 46.5 Å². The number of pyridine rings is 4. The van der Waals surface area contributed by atoms with E-state index in [-0.39, 0.29) is 68.8 Å². The van der Waals surface area contributed by atoms with E-state index in [0.717, 1.165) is 10.8 Å². The molecule has 23 heteroatoms. The van der Waals surface area contributed by atoms with E-state index in [9.17, 15) is 33.9 Å². The fourth-order valence-electron chi connectivity index (χ4n) is 5.71. The van der Waals surface area contributed by atoms with Crippen molar-refractivity contribution < 1.29 is 58.7 Å². The van der Waals surface area contributed by atoms with Crippen LogP contribution in [0.15, 0.2) is 102 Å². The van der Waals surface area contributed by atoms with Crippen molar-refractivity contribution in [2.45, 2.75) is 52.6 Å². The standard InChI is InChI=1S/C16H12Cl2N2O4.C8H3Cl2NO2.2C8H9NO2.C6H6BrNO.C2H4O/c1-24-12-5-2-8(7-19-12)11(21)6-16(23)13-9(17)3-4-10(18)14(13)20-15(16)22;9-3-1-2-4(10)6-5(3)7(12)8(13)11-6;2*1-6(11)7-2-3-8(5-10)9-4-7;7-5-1-2-6(4-9)8-3-5;1-2-3/h2-5,7,23H,6H2,1H3,(H,20,22);1-2H,(H,11,12,13);2*2-4,10H,5H2,1H3;1-3,9H,4H2;2H,1H3. The molecule has 71 heavy (non-hydrogen) atoms. The van der Waals surface area contributed by atoms with Crippen LogP contribution in [0.1, 0.15) is 91.3 Å². The highest BCUT2D eigenvalue weighted by Gasteiger charge is 2.49. The van der Waals surface area contributed by atoms with Gasteiger partial charge < -0.3 is 40.6 Å². The minimum Gasteiger partial charge on any atom is -0.481 e. The van der Waals surface area contributed by atoms with Gasteiger partial charge in [0, 0.05) is 62.6 Å². The van der Waals surface area contributed by atoms with Crippen molar-refractivity contribution in [3.8, 4) is 5.88 Å². The molecule has 1 atom stereocenters. The Kier molecular flexibility index (Phi) is 23.6. The number of fused-ring (bicyclic) bond motifs is 2. The third-order valence-corrected chi connectivity index (χ3v) is 11.1. The Morgan fingerprint density at radius 3 is 1.51 bits per heavy atom. The molecule has 0 saturated heterocycles. The number of nitrogens with one attached hydrogen (secondary N) is 2. The Labute approximate surface area is 434 Å². The summed E-state index contributed by atoms with van der Waals surface area (Å²) in [6, 6.07) is 19.2. The Hall–Kier alpha value is -6.39. The molecule has 6 aromatic rings. The topological polar surface area (TPSA) is 285 Å². The quantitative estimate of drug-likeness (QED) is 0.0454. The highest BCUT2D eigenvalue weighted by Crippen LogP contribution is 2.46. The summed E-state index contributed by atoms with van der Waals surface area (Å²) < 4.78 is 5.86. The molecular formula is C48H43BrCl4N6O12. The van der Waals surface area contributed by atoms with Gasteiger partial charge in [0.25, 0.3) is 17.6 Å². The lowest BCUT2D eigenvalue weighted by Crippen LogP contribution is -2.36. The van der Waals surface area contributed by atoms with E-state index in [1.54, 1.807) is 36.5 Å². The molecule has 1 unspecified atom stereocenters. The minimum atomic E-state index is -2.09. The zero-order chi connectivity index (χ0) is 53.0. The second kappa shape index (κ2) is 28.5. The van der Waals surface area contributed by atoms with Crippen LogP contribution in [-0.2, 0) is 39.8 Å². The summed E-state index contributed by atoms with van der Waals surface area (Å²) in [7, 11) is 1.46. The van der Waals surface area contributed by atoms with Gasteiger partial charge in [0.05, 0.1) is 82.4 Å². The molecule has 4 aromatic heterocycles. The van der Waals surface area contributed by atoms with Crippen LogP contribution in [0.2, 0.25) is 20.1 Å². The molecule has 6 N–H and O–H groups in total. The van der Waals surface area contributed by atoms with Crippen LogP contribution in [0.25, 0.3) is 0 Å². The lowest BCUT2D eigenvalue weighted by molar-refractivity contribution is -0.133. The fourth-order valence-corrected chi connectivity index (χ4v) is 6.91. The fraction of sp³-hybridized carbons (Fsp3) is 0.188. The molecule has 0 fully saturated rings. The highest BCUT2D eigenvalue weighted by atomic mass is 79.9. The number of nitrogens with zero attached hydrogens (tertiary/aromatic N) is 4. The van der Waals surface area contributed by atoms with Crippen LogP contribution >= 0.6 is 62.3 Å². The zero-order valence-corrected chi connectivity index (χ0v) is 42.5. The van der Waals surface area contributed by atoms with Gasteiger partial charge in [0.15, 0.2) is 23.0 Å². The molecule has 2 aliphatic rings. The van der Waals surface area contributed by atoms with Gasteiger partial charge in [-0.2, -0.15) is 0 Å². The van der Waals surface area contributed by atoms with Crippen molar-refractivity contribution in [3.63, 3.8) is 0 Å². The number of anilines is 2. The van der Waals surface area contributed by atoms with Gasteiger partial charge in [0.1, 0.15) is 6.29 Å². The number of carbonyl (C=O) groups excluding carboxylic acids is 7. The number of carbonyl (C=O) groups is 7. The molecule has 0 aliphatic carbocycles. The summed E-state index contributed by atoms with van der Waals surface area (Å²) in [5.74, 6) is -2.21. The molecular weight excluding hydrogens is 1070 g/mol. The molecule has 0 bridgehead atoms. The van der Waals surface area contributed by atoms with E-state index >= 15 is 0 Å². The van der Waals surface area contributed by atoms with Gasteiger partial charge in [-0.15, -0.1) is 0 Å². The largest absolute Gasteiger partial charge is 0.481 e. The minimum absolute atomic E-state index is 0.00722. The number of ether oxygens (including phenoxy) is 1.